The van der Waals surface area contributed by atoms with Crippen LogP contribution < -0.4 is 5.32 Å². The molecule has 0 radical (unpaired) electrons. The molecular weight excluding hydrogens is 374 g/mol. The predicted molar refractivity (Wildman–Crippen MR) is 104 cm³/mol. The predicted octanol–water partition coefficient (Wildman–Crippen LogP) is 3.28. The summed E-state index contributed by atoms with van der Waals surface area (Å²) in [4.78, 5) is 37.1. The van der Waals surface area contributed by atoms with Crippen LogP contribution >= 0.6 is 23.1 Å². The molecule has 1 aliphatic carbocycles. The van der Waals surface area contributed by atoms with Gasteiger partial charge in [0.1, 0.15) is 5.00 Å². The summed E-state index contributed by atoms with van der Waals surface area (Å²) in [5, 5.41) is 3.39. The third-order valence-corrected chi connectivity index (χ3v) is 6.08. The fourth-order valence-corrected chi connectivity index (χ4v) is 4.88. The van der Waals surface area contributed by atoms with E-state index in [-0.39, 0.29) is 29.4 Å². The van der Waals surface area contributed by atoms with E-state index in [9.17, 15) is 14.4 Å². The van der Waals surface area contributed by atoms with Crippen LogP contribution in [0.4, 0.5) is 5.00 Å². The third kappa shape index (κ3) is 5.48. The van der Waals surface area contributed by atoms with E-state index < -0.39 is 0 Å². The number of hydrogen-bond acceptors (Lipinski definition) is 7. The van der Waals surface area contributed by atoms with Gasteiger partial charge in [0.15, 0.2) is 0 Å². The van der Waals surface area contributed by atoms with E-state index in [0.29, 0.717) is 29.7 Å². The minimum absolute atomic E-state index is 0.125. The lowest BCUT2D eigenvalue weighted by molar-refractivity contribution is -0.139. The van der Waals surface area contributed by atoms with Crippen LogP contribution in [-0.4, -0.2) is 42.6 Å². The lowest BCUT2D eigenvalue weighted by atomic mass is 9.88. The quantitative estimate of drug-likeness (QED) is 0.676. The Hall–Kier alpha value is -1.54. The molecule has 0 saturated heterocycles. The Morgan fingerprint density at radius 2 is 1.92 bits per heavy atom. The average molecular weight is 400 g/mol. The summed E-state index contributed by atoms with van der Waals surface area (Å²) in [6.45, 7) is 6.32. The molecule has 6 nitrogen and oxygen atoms in total. The van der Waals surface area contributed by atoms with Crippen molar-refractivity contribution in [3.05, 3.63) is 16.0 Å². The molecule has 0 unspecified atom stereocenters. The van der Waals surface area contributed by atoms with Gasteiger partial charge in [0, 0.05) is 4.88 Å². The second kappa shape index (κ2) is 9.97. The number of amides is 1. The van der Waals surface area contributed by atoms with Gasteiger partial charge in [-0.25, -0.2) is 4.79 Å². The van der Waals surface area contributed by atoms with E-state index in [0.717, 1.165) is 29.7 Å². The number of nitrogens with one attached hydrogen (secondary N) is 1. The molecule has 26 heavy (non-hydrogen) atoms. The van der Waals surface area contributed by atoms with Gasteiger partial charge in [0.2, 0.25) is 5.91 Å². The molecule has 2 rings (SSSR count). The van der Waals surface area contributed by atoms with Crippen molar-refractivity contribution in [1.29, 1.82) is 0 Å². The van der Waals surface area contributed by atoms with Crippen LogP contribution in [0.15, 0.2) is 0 Å². The van der Waals surface area contributed by atoms with Crippen LogP contribution in [-0.2, 0) is 31.9 Å². The van der Waals surface area contributed by atoms with Crippen LogP contribution in [0.1, 0.15) is 48.0 Å². The highest BCUT2D eigenvalue weighted by Gasteiger charge is 2.29. The number of anilines is 1. The normalized spacial score (nSPS) is 15.9. The maximum atomic E-state index is 12.4. The molecule has 1 aromatic rings. The molecule has 0 spiro atoms. The monoisotopic (exact) mass is 399 g/mol. The summed E-state index contributed by atoms with van der Waals surface area (Å²) in [5.74, 6) is -0.131. The molecule has 144 valence electrons. The maximum absolute atomic E-state index is 12.4. The Labute approximate surface area is 162 Å². The third-order valence-electron chi connectivity index (χ3n) is 4.00. The van der Waals surface area contributed by atoms with Crippen molar-refractivity contribution in [1.82, 2.24) is 0 Å². The number of fused-ring (bicyclic) bond motifs is 1. The van der Waals surface area contributed by atoms with E-state index in [2.05, 4.69) is 12.2 Å². The van der Waals surface area contributed by atoms with Gasteiger partial charge in [-0.15, -0.1) is 23.1 Å². The van der Waals surface area contributed by atoms with Gasteiger partial charge in [0.05, 0.1) is 30.3 Å². The molecular formula is C18H25NO5S2. The average Bonchev–Trinajstić information content (AvgIpc) is 2.92. The van der Waals surface area contributed by atoms with Crippen LogP contribution in [0.25, 0.3) is 0 Å². The molecule has 1 heterocycles. The second-order valence-corrected chi connectivity index (χ2v) is 8.21. The summed E-state index contributed by atoms with van der Waals surface area (Å²) in [6, 6.07) is 0. The first-order chi connectivity index (χ1) is 12.5. The zero-order chi connectivity index (χ0) is 19.1. The van der Waals surface area contributed by atoms with Crippen LogP contribution in [0, 0.1) is 5.92 Å². The molecule has 8 heteroatoms. The Kier molecular flexibility index (Phi) is 7.96. The summed E-state index contributed by atoms with van der Waals surface area (Å²) < 4.78 is 10.0. The van der Waals surface area contributed by atoms with Gasteiger partial charge in [-0.3, -0.25) is 9.59 Å². The largest absolute Gasteiger partial charge is 0.465 e. The molecule has 0 aromatic carbocycles. The van der Waals surface area contributed by atoms with E-state index in [1.807, 2.05) is 0 Å². The van der Waals surface area contributed by atoms with Gasteiger partial charge in [-0.1, -0.05) is 6.92 Å². The number of hydrogen-bond donors (Lipinski definition) is 1. The summed E-state index contributed by atoms with van der Waals surface area (Å²) in [6.07, 6.45) is 2.77. The highest BCUT2D eigenvalue weighted by atomic mass is 32.2. The molecule has 1 atom stereocenters. The molecule has 1 N–H and O–H groups in total. The van der Waals surface area contributed by atoms with E-state index >= 15 is 0 Å². The van der Waals surface area contributed by atoms with Crippen LogP contribution in [0.5, 0.6) is 0 Å². The van der Waals surface area contributed by atoms with E-state index in [4.69, 9.17) is 9.47 Å². The zero-order valence-electron chi connectivity index (χ0n) is 15.4. The lowest BCUT2D eigenvalue weighted by Crippen LogP contribution is -2.18. The van der Waals surface area contributed by atoms with Crippen molar-refractivity contribution in [2.45, 2.75) is 40.0 Å². The second-order valence-electron chi connectivity index (χ2n) is 6.12. The van der Waals surface area contributed by atoms with Crippen molar-refractivity contribution < 1.29 is 23.9 Å². The smallest absolute Gasteiger partial charge is 0.341 e. The molecule has 0 bridgehead atoms. The number of carbonyl (C=O) groups excluding carboxylic acids is 3. The summed E-state index contributed by atoms with van der Waals surface area (Å²) in [5.41, 5.74) is 1.52. The van der Waals surface area contributed by atoms with Gasteiger partial charge in [-0.2, -0.15) is 0 Å². The van der Waals surface area contributed by atoms with E-state index in [1.54, 1.807) is 13.8 Å². The number of esters is 2. The zero-order valence-corrected chi connectivity index (χ0v) is 17.0. The summed E-state index contributed by atoms with van der Waals surface area (Å²) >= 11 is 2.65. The number of carbonyl (C=O) groups is 3. The van der Waals surface area contributed by atoms with Crippen molar-refractivity contribution in [3.63, 3.8) is 0 Å². The topological polar surface area (TPSA) is 81.7 Å². The van der Waals surface area contributed by atoms with Gasteiger partial charge >= 0.3 is 11.9 Å². The standard InChI is InChI=1S/C18H25NO5S2/c1-4-23-15(21)10-25-9-14(20)19-17-16(18(22)24-5-2)12-7-6-11(3)8-13(12)26-17/h11H,4-10H2,1-3H3,(H,19,20)/t11-/m1/s1. The minimum atomic E-state index is -0.381. The van der Waals surface area contributed by atoms with Gasteiger partial charge in [-0.05, 0) is 44.6 Å². The van der Waals surface area contributed by atoms with Crippen LogP contribution in [0.3, 0.4) is 0 Å². The number of thioether (sulfide) groups is 1. The fraction of sp³-hybridized carbons (Fsp3) is 0.611. The lowest BCUT2D eigenvalue weighted by Gasteiger charge is -2.18. The highest BCUT2D eigenvalue weighted by Crippen LogP contribution is 2.40. The van der Waals surface area contributed by atoms with Crippen molar-refractivity contribution in [2.24, 2.45) is 5.92 Å². The first-order valence-corrected chi connectivity index (χ1v) is 10.8. The van der Waals surface area contributed by atoms with E-state index in [1.165, 1.54) is 23.1 Å². The van der Waals surface area contributed by atoms with Gasteiger partial charge in [0.25, 0.3) is 0 Å². The Balaban J connectivity index is 2.06. The molecule has 0 saturated carbocycles. The number of ether oxygens (including phenoxy) is 2. The Bertz CT molecular complexity index is 671. The minimum Gasteiger partial charge on any atom is -0.465 e. The molecule has 1 aromatic heterocycles. The fourth-order valence-electron chi connectivity index (χ4n) is 2.85. The summed E-state index contributed by atoms with van der Waals surface area (Å²) in [7, 11) is 0. The first-order valence-electron chi connectivity index (χ1n) is 8.81. The molecule has 0 aliphatic heterocycles. The number of thiophene rings is 1. The van der Waals surface area contributed by atoms with Crippen molar-refractivity contribution >= 4 is 45.9 Å². The number of rotatable bonds is 8. The van der Waals surface area contributed by atoms with Crippen molar-refractivity contribution in [3.8, 4) is 0 Å². The molecule has 0 fully saturated rings. The molecule has 1 amide bonds. The Morgan fingerprint density at radius 1 is 1.19 bits per heavy atom. The van der Waals surface area contributed by atoms with Crippen LogP contribution in [0.2, 0.25) is 0 Å². The SMILES string of the molecule is CCOC(=O)CSCC(=O)Nc1sc2c(c1C(=O)OCC)CC[C@@H](C)C2. The highest BCUT2D eigenvalue weighted by molar-refractivity contribution is 8.00. The van der Waals surface area contributed by atoms with Crippen molar-refractivity contribution in [2.75, 3.05) is 30.0 Å². The van der Waals surface area contributed by atoms with Gasteiger partial charge < -0.3 is 14.8 Å². The molecule has 1 aliphatic rings. The maximum Gasteiger partial charge on any atom is 0.341 e. The first kappa shape index (κ1) is 20.8. The Morgan fingerprint density at radius 3 is 2.62 bits per heavy atom.